The zero-order valence-corrected chi connectivity index (χ0v) is 22.7. The molecule has 0 heterocycles. The summed E-state index contributed by atoms with van der Waals surface area (Å²) in [4.78, 5) is 38.6. The van der Waals surface area contributed by atoms with Gasteiger partial charge in [0.05, 0.1) is 15.5 Å². The first-order valence-electron chi connectivity index (χ1n) is 12.6. The van der Waals surface area contributed by atoms with Gasteiger partial charge in [-0.3, -0.25) is 24.0 Å². The van der Waals surface area contributed by atoms with E-state index in [-0.39, 0.29) is 28.7 Å². The predicted octanol–water partition coefficient (Wildman–Crippen LogP) is 4.12. The Morgan fingerprint density at radius 1 is 0.949 bits per heavy atom. The average molecular weight is 553 g/mol. The first kappa shape index (κ1) is 29.3. The summed E-state index contributed by atoms with van der Waals surface area (Å²) >= 11 is 0. The van der Waals surface area contributed by atoms with E-state index in [9.17, 15) is 28.1 Å². The number of carbonyl (C=O) groups excluding carboxylic acids is 2. The van der Waals surface area contributed by atoms with Gasteiger partial charge in [0.25, 0.3) is 15.7 Å². The lowest BCUT2D eigenvalue weighted by atomic mass is 10.1. The molecule has 0 fully saturated rings. The molecule has 0 aliphatic carbocycles. The minimum absolute atomic E-state index is 0.0453. The van der Waals surface area contributed by atoms with Crippen LogP contribution in [0, 0.1) is 10.1 Å². The molecule has 1 unspecified atom stereocenters. The molecule has 0 aliphatic heterocycles. The summed E-state index contributed by atoms with van der Waals surface area (Å²) in [6, 6.07) is 20.7. The third kappa shape index (κ3) is 7.64. The van der Waals surface area contributed by atoms with E-state index in [0.717, 1.165) is 22.7 Å². The van der Waals surface area contributed by atoms with Gasteiger partial charge in [-0.1, -0.05) is 61.9 Å². The number of amides is 2. The third-order valence-corrected chi connectivity index (χ3v) is 7.94. The molecule has 0 aliphatic rings. The molecule has 10 nitrogen and oxygen atoms in total. The fraction of sp³-hybridized carbons (Fsp3) is 0.286. The van der Waals surface area contributed by atoms with Gasteiger partial charge in [-0.05, 0) is 43.2 Å². The number of carbonyl (C=O) groups is 2. The van der Waals surface area contributed by atoms with Crippen molar-refractivity contribution in [2.75, 3.05) is 17.4 Å². The Hall–Kier alpha value is -4.25. The molecule has 1 atom stereocenters. The minimum atomic E-state index is -4.24. The van der Waals surface area contributed by atoms with Crippen molar-refractivity contribution in [3.63, 3.8) is 0 Å². The molecule has 3 aromatic rings. The van der Waals surface area contributed by atoms with Gasteiger partial charge in [0.2, 0.25) is 11.8 Å². The fourth-order valence-corrected chi connectivity index (χ4v) is 5.32. The van der Waals surface area contributed by atoms with E-state index < -0.39 is 33.4 Å². The number of nitrogens with one attached hydrogen (secondary N) is 1. The van der Waals surface area contributed by atoms with Gasteiger partial charge >= 0.3 is 0 Å². The summed E-state index contributed by atoms with van der Waals surface area (Å²) in [5.74, 6) is -0.949. The van der Waals surface area contributed by atoms with Crippen LogP contribution in [0.5, 0.6) is 0 Å². The SMILES string of the molecule is CCCCNC(=O)C(C)N(Cc1ccccc1)C(=O)CN(c1ccc([N+](=O)[O-])cc1)S(=O)(=O)c1ccccc1. The lowest BCUT2D eigenvalue weighted by Crippen LogP contribution is -2.51. The van der Waals surface area contributed by atoms with Crippen molar-refractivity contribution in [3.8, 4) is 0 Å². The molecule has 2 amide bonds. The Morgan fingerprint density at radius 3 is 2.10 bits per heavy atom. The second kappa shape index (κ2) is 13.5. The smallest absolute Gasteiger partial charge is 0.269 e. The average Bonchev–Trinajstić information content (AvgIpc) is 2.95. The molecular formula is C28H32N4O6S. The van der Waals surface area contributed by atoms with Crippen molar-refractivity contribution in [2.24, 2.45) is 0 Å². The lowest BCUT2D eigenvalue weighted by molar-refractivity contribution is -0.384. The van der Waals surface area contributed by atoms with Gasteiger partial charge in [-0.15, -0.1) is 0 Å². The molecule has 0 saturated carbocycles. The number of sulfonamides is 1. The highest BCUT2D eigenvalue weighted by atomic mass is 32.2. The molecule has 206 valence electrons. The fourth-order valence-electron chi connectivity index (χ4n) is 3.89. The Balaban J connectivity index is 1.99. The van der Waals surface area contributed by atoms with E-state index in [0.29, 0.717) is 6.54 Å². The van der Waals surface area contributed by atoms with Crippen molar-refractivity contribution in [1.82, 2.24) is 10.2 Å². The molecule has 0 aromatic heterocycles. The lowest BCUT2D eigenvalue weighted by Gasteiger charge is -2.32. The summed E-state index contributed by atoms with van der Waals surface area (Å²) < 4.78 is 28.3. The number of benzene rings is 3. The van der Waals surface area contributed by atoms with E-state index in [4.69, 9.17) is 0 Å². The van der Waals surface area contributed by atoms with Crippen LogP contribution in [0.25, 0.3) is 0 Å². The van der Waals surface area contributed by atoms with E-state index in [1.54, 1.807) is 25.1 Å². The topological polar surface area (TPSA) is 130 Å². The molecule has 3 rings (SSSR count). The molecule has 0 spiro atoms. The standard InChI is InChI=1S/C28H32N4O6S/c1-3-4-19-29-28(34)22(2)30(20-23-11-7-5-8-12-23)27(33)21-31(24-15-17-25(18-16-24)32(35)36)39(37,38)26-13-9-6-10-14-26/h5-18,22H,3-4,19-21H2,1-2H3,(H,29,34). The van der Waals surface area contributed by atoms with Crippen LogP contribution < -0.4 is 9.62 Å². The van der Waals surface area contributed by atoms with E-state index in [1.807, 2.05) is 37.3 Å². The van der Waals surface area contributed by atoms with Crippen LogP contribution in [0.1, 0.15) is 32.3 Å². The number of hydrogen-bond donors (Lipinski definition) is 1. The third-order valence-electron chi connectivity index (χ3n) is 6.15. The summed E-state index contributed by atoms with van der Waals surface area (Å²) in [5.41, 5.74) is 0.634. The second-order valence-corrected chi connectivity index (χ2v) is 10.8. The number of anilines is 1. The van der Waals surface area contributed by atoms with Gasteiger partial charge < -0.3 is 10.2 Å². The molecular weight excluding hydrogens is 520 g/mol. The quantitative estimate of drug-likeness (QED) is 0.193. The van der Waals surface area contributed by atoms with Crippen LogP contribution in [-0.2, 0) is 26.2 Å². The second-order valence-electron chi connectivity index (χ2n) is 8.93. The zero-order valence-electron chi connectivity index (χ0n) is 21.9. The van der Waals surface area contributed by atoms with E-state index >= 15 is 0 Å². The van der Waals surface area contributed by atoms with Crippen molar-refractivity contribution in [3.05, 3.63) is 101 Å². The molecule has 1 N–H and O–H groups in total. The van der Waals surface area contributed by atoms with Crippen molar-refractivity contribution in [1.29, 1.82) is 0 Å². The van der Waals surface area contributed by atoms with Crippen LogP contribution in [0.4, 0.5) is 11.4 Å². The number of nitro groups is 1. The summed E-state index contributed by atoms with van der Waals surface area (Å²) in [6.07, 6.45) is 1.68. The monoisotopic (exact) mass is 552 g/mol. The van der Waals surface area contributed by atoms with E-state index in [2.05, 4.69) is 5.32 Å². The maximum absolute atomic E-state index is 13.8. The van der Waals surface area contributed by atoms with E-state index in [1.165, 1.54) is 41.3 Å². The van der Waals surface area contributed by atoms with Gasteiger partial charge in [-0.25, -0.2) is 8.42 Å². The Morgan fingerprint density at radius 2 is 1.54 bits per heavy atom. The first-order chi connectivity index (χ1) is 18.6. The summed E-state index contributed by atoms with van der Waals surface area (Å²) in [5, 5.41) is 14.0. The van der Waals surface area contributed by atoms with Gasteiger partial charge in [-0.2, -0.15) is 0 Å². The maximum atomic E-state index is 13.8. The molecule has 11 heteroatoms. The van der Waals surface area contributed by atoms with Crippen molar-refractivity contribution < 1.29 is 22.9 Å². The highest BCUT2D eigenvalue weighted by Crippen LogP contribution is 2.26. The van der Waals surface area contributed by atoms with Crippen LogP contribution in [-0.4, -0.2) is 49.2 Å². The Kier molecular flexibility index (Phi) is 10.2. The highest BCUT2D eigenvalue weighted by Gasteiger charge is 2.32. The van der Waals surface area contributed by atoms with Gasteiger partial charge in [0.1, 0.15) is 12.6 Å². The Labute approximate surface area is 228 Å². The number of rotatable bonds is 13. The van der Waals surface area contributed by atoms with Crippen LogP contribution >= 0.6 is 0 Å². The van der Waals surface area contributed by atoms with Crippen molar-refractivity contribution in [2.45, 2.75) is 44.2 Å². The van der Waals surface area contributed by atoms with Crippen molar-refractivity contribution >= 4 is 33.2 Å². The number of unbranched alkanes of at least 4 members (excludes halogenated alkanes) is 1. The molecule has 0 radical (unpaired) electrons. The molecule has 0 saturated heterocycles. The van der Waals surface area contributed by atoms with Gasteiger partial charge in [0, 0.05) is 25.2 Å². The van der Waals surface area contributed by atoms with Crippen LogP contribution in [0.15, 0.2) is 89.8 Å². The Bertz CT molecular complexity index is 1370. The maximum Gasteiger partial charge on any atom is 0.269 e. The summed E-state index contributed by atoms with van der Waals surface area (Å²) in [7, 11) is -4.24. The predicted molar refractivity (Wildman–Crippen MR) is 148 cm³/mol. The zero-order chi connectivity index (χ0) is 28.4. The first-order valence-corrected chi connectivity index (χ1v) is 14.0. The number of nitro benzene ring substituents is 1. The summed E-state index contributed by atoms with van der Waals surface area (Å²) in [6.45, 7) is 3.53. The minimum Gasteiger partial charge on any atom is -0.354 e. The number of non-ortho nitro benzene ring substituents is 1. The molecule has 0 bridgehead atoms. The molecule has 39 heavy (non-hydrogen) atoms. The van der Waals surface area contributed by atoms with Gasteiger partial charge in [0.15, 0.2) is 0 Å². The number of nitrogens with zero attached hydrogens (tertiary/aromatic N) is 3. The highest BCUT2D eigenvalue weighted by molar-refractivity contribution is 7.92. The van der Waals surface area contributed by atoms with Crippen LogP contribution in [0.2, 0.25) is 0 Å². The largest absolute Gasteiger partial charge is 0.354 e. The molecule has 3 aromatic carbocycles. The van der Waals surface area contributed by atoms with Crippen LogP contribution in [0.3, 0.4) is 0 Å². The normalized spacial score (nSPS) is 11.8. The number of hydrogen-bond acceptors (Lipinski definition) is 6.